The molecule has 0 unspecified atom stereocenters. The van der Waals surface area contributed by atoms with Crippen molar-refractivity contribution in [3.63, 3.8) is 0 Å². The van der Waals surface area contributed by atoms with Gasteiger partial charge in [0.05, 0.1) is 11.1 Å². The minimum Gasteiger partial charge on any atom is -0.456 e. The molecule has 1 aliphatic rings. The van der Waals surface area contributed by atoms with Crippen LogP contribution in [0.3, 0.4) is 0 Å². The number of benzene rings is 8. The Kier molecular flexibility index (Phi) is 6.58. The van der Waals surface area contributed by atoms with E-state index in [0.29, 0.717) is 0 Å². The number of nitrogens with zero attached hydrogens (tertiary/aromatic N) is 1. The zero-order chi connectivity index (χ0) is 35.1. The Hall–Kier alpha value is -6.42. The van der Waals surface area contributed by atoms with E-state index in [1.165, 1.54) is 59.1 Å². The zero-order valence-corrected chi connectivity index (χ0v) is 29.9. The highest BCUT2D eigenvalue weighted by Gasteiger charge is 2.42. The van der Waals surface area contributed by atoms with Gasteiger partial charge in [-0.1, -0.05) is 133 Å². The molecule has 0 saturated heterocycles. The third kappa shape index (κ3) is 4.44. The van der Waals surface area contributed by atoms with Crippen LogP contribution in [0.5, 0.6) is 0 Å². The Morgan fingerprint density at radius 1 is 0.472 bits per heavy atom. The third-order valence-corrected chi connectivity index (χ3v) is 12.5. The number of fused-ring (bicyclic) bond motifs is 9. The first kappa shape index (κ1) is 30.2. The van der Waals surface area contributed by atoms with Crippen molar-refractivity contribution in [1.82, 2.24) is 0 Å². The SMILES string of the molecule is CC1(c2cccc3c2oc2cccc(N(c4ccc(-c5ccccc5)cc4)c4ccc5sc6ccccc6c5c4)c23)c2ccccc2-c2ccccc21. The van der Waals surface area contributed by atoms with Gasteiger partial charge in [0.15, 0.2) is 0 Å². The van der Waals surface area contributed by atoms with Crippen molar-refractivity contribution in [2.75, 3.05) is 4.90 Å². The van der Waals surface area contributed by atoms with Gasteiger partial charge >= 0.3 is 0 Å². The maximum atomic E-state index is 7.02. The fourth-order valence-corrected chi connectivity index (χ4v) is 9.95. The summed E-state index contributed by atoms with van der Waals surface area (Å²) in [5, 5.41) is 4.78. The van der Waals surface area contributed by atoms with Gasteiger partial charge in [0.1, 0.15) is 11.2 Å². The monoisotopic (exact) mass is 695 g/mol. The maximum Gasteiger partial charge on any atom is 0.139 e. The van der Waals surface area contributed by atoms with Gasteiger partial charge in [-0.3, -0.25) is 0 Å². The highest BCUT2D eigenvalue weighted by atomic mass is 32.1. The molecule has 0 atom stereocenters. The number of para-hydroxylation sites is 1. The van der Waals surface area contributed by atoms with E-state index in [1.807, 2.05) is 11.3 Å². The summed E-state index contributed by atoms with van der Waals surface area (Å²) < 4.78 is 9.61. The standard InChI is InChI=1S/C50H33NOS/c1-50(41-19-8-5-15-36(41)37-16-6-9-20-42(37)50)43-21-11-18-39-48-44(22-12-23-45(48)52-49(39)43)51(34-27-25-33(26-28-34)32-13-3-2-4-14-32)35-29-30-47-40(31-35)38-17-7-10-24-46(38)53-47/h2-31H,1H3. The second-order valence-corrected chi connectivity index (χ2v) is 15.3. The van der Waals surface area contributed by atoms with Gasteiger partial charge < -0.3 is 9.32 Å². The number of furan rings is 1. The topological polar surface area (TPSA) is 16.4 Å². The van der Waals surface area contributed by atoms with E-state index in [0.717, 1.165) is 39.0 Å². The van der Waals surface area contributed by atoms with Crippen LogP contribution in [0.1, 0.15) is 23.6 Å². The molecule has 1 aliphatic carbocycles. The van der Waals surface area contributed by atoms with Crippen LogP contribution >= 0.6 is 11.3 Å². The van der Waals surface area contributed by atoms with E-state index in [2.05, 4.69) is 194 Å². The van der Waals surface area contributed by atoms with Crippen LogP contribution in [0, 0.1) is 0 Å². The van der Waals surface area contributed by atoms with Crippen molar-refractivity contribution in [3.8, 4) is 22.3 Å². The molecule has 2 aromatic heterocycles. The molecule has 0 saturated carbocycles. The first-order chi connectivity index (χ1) is 26.2. The Morgan fingerprint density at radius 3 is 1.87 bits per heavy atom. The zero-order valence-electron chi connectivity index (χ0n) is 29.1. The summed E-state index contributed by atoms with van der Waals surface area (Å²) in [4.78, 5) is 2.41. The van der Waals surface area contributed by atoms with Crippen molar-refractivity contribution in [2.45, 2.75) is 12.3 Å². The minimum atomic E-state index is -0.376. The van der Waals surface area contributed by atoms with Crippen molar-refractivity contribution >= 4 is 70.5 Å². The van der Waals surface area contributed by atoms with Crippen molar-refractivity contribution in [2.24, 2.45) is 0 Å². The molecule has 2 heterocycles. The van der Waals surface area contributed by atoms with Crippen LogP contribution in [0.2, 0.25) is 0 Å². The van der Waals surface area contributed by atoms with Gasteiger partial charge in [-0.25, -0.2) is 0 Å². The molecule has 53 heavy (non-hydrogen) atoms. The highest BCUT2D eigenvalue weighted by molar-refractivity contribution is 7.25. The van der Waals surface area contributed by atoms with E-state index >= 15 is 0 Å². The molecule has 0 radical (unpaired) electrons. The predicted molar refractivity (Wildman–Crippen MR) is 224 cm³/mol. The first-order valence-electron chi connectivity index (χ1n) is 18.2. The molecule has 0 aliphatic heterocycles. The Labute approximate surface area is 311 Å². The second-order valence-electron chi connectivity index (χ2n) is 14.2. The smallest absolute Gasteiger partial charge is 0.139 e. The quantitative estimate of drug-likeness (QED) is 0.178. The summed E-state index contributed by atoms with van der Waals surface area (Å²) in [6.45, 7) is 2.36. The molecule has 2 nitrogen and oxygen atoms in total. The molecule has 3 heteroatoms. The summed E-state index contributed by atoms with van der Waals surface area (Å²) in [6.07, 6.45) is 0. The third-order valence-electron chi connectivity index (χ3n) is 11.4. The summed E-state index contributed by atoms with van der Waals surface area (Å²) in [6, 6.07) is 66.1. The average molecular weight is 696 g/mol. The molecule has 0 spiro atoms. The van der Waals surface area contributed by atoms with Gasteiger partial charge in [0, 0.05) is 47.9 Å². The van der Waals surface area contributed by atoms with E-state index in [1.54, 1.807) is 0 Å². The summed E-state index contributed by atoms with van der Waals surface area (Å²) in [5.74, 6) is 0. The molecule has 0 amide bonds. The lowest BCUT2D eigenvalue weighted by atomic mass is 9.74. The largest absolute Gasteiger partial charge is 0.456 e. The van der Waals surface area contributed by atoms with E-state index in [-0.39, 0.29) is 5.41 Å². The molecular formula is C50H33NOS. The lowest BCUT2D eigenvalue weighted by Crippen LogP contribution is -2.22. The molecule has 0 N–H and O–H groups in total. The first-order valence-corrected chi connectivity index (χ1v) is 19.0. The lowest BCUT2D eigenvalue weighted by Gasteiger charge is -2.28. The molecule has 10 aromatic rings. The molecule has 8 aromatic carbocycles. The van der Waals surface area contributed by atoms with Gasteiger partial charge in [0.25, 0.3) is 0 Å². The predicted octanol–water partition coefficient (Wildman–Crippen LogP) is 14.4. The molecule has 11 rings (SSSR count). The van der Waals surface area contributed by atoms with Crippen LogP contribution in [0.4, 0.5) is 17.1 Å². The van der Waals surface area contributed by atoms with Crippen LogP contribution in [0.25, 0.3) is 64.4 Å². The van der Waals surface area contributed by atoms with Gasteiger partial charge in [0.2, 0.25) is 0 Å². The van der Waals surface area contributed by atoms with Crippen molar-refractivity contribution in [3.05, 3.63) is 199 Å². The average Bonchev–Trinajstić information content (AvgIpc) is 3.87. The van der Waals surface area contributed by atoms with E-state index in [9.17, 15) is 0 Å². The summed E-state index contributed by atoms with van der Waals surface area (Å²) in [5.41, 5.74) is 13.5. The maximum absolute atomic E-state index is 7.02. The van der Waals surface area contributed by atoms with E-state index in [4.69, 9.17) is 4.42 Å². The Bertz CT molecular complexity index is 2980. The number of thiophene rings is 1. The molecule has 250 valence electrons. The molecule has 0 bridgehead atoms. The minimum absolute atomic E-state index is 0.376. The fraction of sp³-hybridized carbons (Fsp3) is 0.0400. The fourth-order valence-electron chi connectivity index (χ4n) is 8.87. The van der Waals surface area contributed by atoms with Crippen LogP contribution in [-0.2, 0) is 5.41 Å². The normalized spacial score (nSPS) is 13.2. The second kappa shape index (κ2) is 11.5. The number of hydrogen-bond donors (Lipinski definition) is 0. The van der Waals surface area contributed by atoms with Gasteiger partial charge in [-0.15, -0.1) is 11.3 Å². The van der Waals surface area contributed by atoms with Crippen LogP contribution < -0.4 is 4.90 Å². The Morgan fingerprint density at radius 2 is 1.08 bits per heavy atom. The lowest BCUT2D eigenvalue weighted by molar-refractivity contribution is 0.638. The highest BCUT2D eigenvalue weighted by Crippen LogP contribution is 2.55. The number of rotatable bonds is 5. The van der Waals surface area contributed by atoms with Crippen LogP contribution in [-0.4, -0.2) is 0 Å². The Balaban J connectivity index is 1.16. The van der Waals surface area contributed by atoms with E-state index < -0.39 is 0 Å². The number of hydrogen-bond acceptors (Lipinski definition) is 3. The summed E-state index contributed by atoms with van der Waals surface area (Å²) in [7, 11) is 0. The van der Waals surface area contributed by atoms with Gasteiger partial charge in [-0.2, -0.15) is 0 Å². The molecular weight excluding hydrogens is 663 g/mol. The van der Waals surface area contributed by atoms with Crippen molar-refractivity contribution in [1.29, 1.82) is 0 Å². The number of anilines is 3. The summed E-state index contributed by atoms with van der Waals surface area (Å²) >= 11 is 1.85. The van der Waals surface area contributed by atoms with Crippen LogP contribution in [0.15, 0.2) is 186 Å². The van der Waals surface area contributed by atoms with Crippen molar-refractivity contribution < 1.29 is 4.42 Å². The molecule has 0 fully saturated rings. The van der Waals surface area contributed by atoms with Gasteiger partial charge in [-0.05, 0) is 88.8 Å².